The number of aromatic nitrogens is 1. The van der Waals surface area contributed by atoms with Crippen molar-refractivity contribution in [3.63, 3.8) is 0 Å². The first-order valence-corrected chi connectivity index (χ1v) is 10.2. The Morgan fingerprint density at radius 3 is 2.72 bits per heavy atom. The third-order valence-electron chi connectivity index (χ3n) is 4.82. The summed E-state index contributed by atoms with van der Waals surface area (Å²) in [7, 11) is 0. The molecule has 0 unspecified atom stereocenters. The summed E-state index contributed by atoms with van der Waals surface area (Å²) in [5, 5.41) is 11.0. The van der Waals surface area contributed by atoms with Crippen LogP contribution in [-0.2, 0) is 0 Å². The van der Waals surface area contributed by atoms with Gasteiger partial charge in [0.25, 0.3) is 0 Å². The van der Waals surface area contributed by atoms with Crippen LogP contribution in [0, 0.1) is 11.3 Å². The number of benzene rings is 2. The molecule has 0 spiro atoms. The minimum Gasteiger partial charge on any atom is -0.422 e. The summed E-state index contributed by atoms with van der Waals surface area (Å²) in [6.07, 6.45) is 1.56. The molecule has 5 nitrogen and oxygen atoms in total. The Hall–Kier alpha value is -3.43. The van der Waals surface area contributed by atoms with Crippen molar-refractivity contribution < 1.29 is 4.42 Å². The third kappa shape index (κ3) is 3.65. The standard InChI is InChI=1S/C23H19N3O2S/c1-3-26(4-2)18-10-9-15-11-16(23(27)28-20(15)13-18)12-17(14-24)22-25-19-7-5-6-8-21(19)29-22/h5-13H,3-4H2,1-2H3/b17-12+. The molecule has 2 aromatic carbocycles. The van der Waals surface area contributed by atoms with Crippen LogP contribution >= 0.6 is 11.3 Å². The van der Waals surface area contributed by atoms with Gasteiger partial charge >= 0.3 is 5.63 Å². The van der Waals surface area contributed by atoms with Gasteiger partial charge in [-0.2, -0.15) is 5.26 Å². The predicted molar refractivity (Wildman–Crippen MR) is 119 cm³/mol. The summed E-state index contributed by atoms with van der Waals surface area (Å²) in [5.41, 5.74) is 2.60. The minimum atomic E-state index is -0.469. The molecule has 0 radical (unpaired) electrons. The van der Waals surface area contributed by atoms with E-state index in [-0.39, 0.29) is 0 Å². The Kier molecular flexibility index (Phi) is 5.15. The molecular formula is C23H19N3O2S. The van der Waals surface area contributed by atoms with Crippen LogP contribution in [0.3, 0.4) is 0 Å². The molecule has 0 amide bonds. The number of fused-ring (bicyclic) bond motifs is 2. The van der Waals surface area contributed by atoms with Gasteiger partial charge < -0.3 is 9.32 Å². The van der Waals surface area contributed by atoms with E-state index in [2.05, 4.69) is 29.8 Å². The van der Waals surface area contributed by atoms with Crippen molar-refractivity contribution in [3.05, 3.63) is 69.5 Å². The quantitative estimate of drug-likeness (QED) is 0.335. The van der Waals surface area contributed by atoms with Crippen LogP contribution in [-0.4, -0.2) is 18.1 Å². The van der Waals surface area contributed by atoms with Gasteiger partial charge in [-0.1, -0.05) is 12.1 Å². The normalized spacial score (nSPS) is 11.7. The van der Waals surface area contributed by atoms with Crippen LogP contribution < -0.4 is 10.5 Å². The minimum absolute atomic E-state index is 0.337. The van der Waals surface area contributed by atoms with Crippen LogP contribution in [0.1, 0.15) is 24.4 Å². The van der Waals surface area contributed by atoms with Crippen molar-refractivity contribution in [2.75, 3.05) is 18.0 Å². The van der Waals surface area contributed by atoms with Gasteiger partial charge in [0.15, 0.2) is 0 Å². The highest BCUT2D eigenvalue weighted by atomic mass is 32.1. The molecule has 2 aromatic heterocycles. The highest BCUT2D eigenvalue weighted by molar-refractivity contribution is 7.19. The highest BCUT2D eigenvalue weighted by Gasteiger charge is 2.12. The molecule has 0 N–H and O–H groups in total. The molecule has 0 fully saturated rings. The molecule has 0 saturated heterocycles. The third-order valence-corrected chi connectivity index (χ3v) is 5.89. The van der Waals surface area contributed by atoms with E-state index in [1.807, 2.05) is 42.5 Å². The van der Waals surface area contributed by atoms with Crippen molar-refractivity contribution in [2.24, 2.45) is 0 Å². The molecule has 0 atom stereocenters. The fourth-order valence-electron chi connectivity index (χ4n) is 3.29. The van der Waals surface area contributed by atoms with E-state index in [9.17, 15) is 10.1 Å². The van der Waals surface area contributed by atoms with E-state index in [0.29, 0.717) is 21.7 Å². The number of rotatable bonds is 5. The van der Waals surface area contributed by atoms with Crippen molar-refractivity contribution in [3.8, 4) is 6.07 Å². The highest BCUT2D eigenvalue weighted by Crippen LogP contribution is 2.28. The summed E-state index contributed by atoms with van der Waals surface area (Å²) < 4.78 is 6.56. The van der Waals surface area contributed by atoms with Crippen LogP contribution in [0.5, 0.6) is 0 Å². The zero-order chi connectivity index (χ0) is 20.4. The number of thiazole rings is 1. The second-order valence-corrected chi connectivity index (χ2v) is 7.57. The number of hydrogen-bond acceptors (Lipinski definition) is 6. The maximum Gasteiger partial charge on any atom is 0.343 e. The fourth-order valence-corrected chi connectivity index (χ4v) is 4.22. The van der Waals surface area contributed by atoms with Crippen molar-refractivity contribution in [2.45, 2.75) is 13.8 Å². The molecule has 4 aromatic rings. The van der Waals surface area contributed by atoms with Gasteiger partial charge in [0.1, 0.15) is 16.7 Å². The lowest BCUT2D eigenvalue weighted by atomic mass is 10.1. The topological polar surface area (TPSA) is 70.1 Å². The Balaban J connectivity index is 1.78. The van der Waals surface area contributed by atoms with Gasteiger partial charge in [-0.25, -0.2) is 9.78 Å². The van der Waals surface area contributed by atoms with Crippen molar-refractivity contribution in [1.82, 2.24) is 4.98 Å². The zero-order valence-electron chi connectivity index (χ0n) is 16.2. The first kappa shape index (κ1) is 18.9. The lowest BCUT2D eigenvalue weighted by Crippen LogP contribution is -2.21. The van der Waals surface area contributed by atoms with Gasteiger partial charge in [-0.05, 0) is 50.3 Å². The number of anilines is 1. The SMILES string of the molecule is CCN(CC)c1ccc2cc(/C=C(\C#N)c3nc4ccccc4s3)c(=O)oc2c1. The van der Waals surface area contributed by atoms with E-state index in [1.165, 1.54) is 11.3 Å². The molecular weight excluding hydrogens is 382 g/mol. The number of nitriles is 1. The van der Waals surface area contributed by atoms with E-state index in [1.54, 1.807) is 12.1 Å². The van der Waals surface area contributed by atoms with Gasteiger partial charge in [-0.15, -0.1) is 11.3 Å². The molecule has 2 heterocycles. The van der Waals surface area contributed by atoms with E-state index < -0.39 is 5.63 Å². The van der Waals surface area contributed by atoms with Crippen LogP contribution in [0.15, 0.2) is 57.7 Å². The summed E-state index contributed by atoms with van der Waals surface area (Å²) in [5.74, 6) is 0. The maximum absolute atomic E-state index is 12.6. The van der Waals surface area contributed by atoms with Crippen molar-refractivity contribution in [1.29, 1.82) is 5.26 Å². The van der Waals surface area contributed by atoms with Crippen LogP contribution in [0.4, 0.5) is 5.69 Å². The molecule has 0 saturated carbocycles. The molecule has 0 aliphatic carbocycles. The van der Waals surface area contributed by atoms with Gasteiger partial charge in [-0.3, -0.25) is 0 Å². The summed E-state index contributed by atoms with van der Waals surface area (Å²) >= 11 is 1.43. The molecule has 0 aliphatic heterocycles. The smallest absolute Gasteiger partial charge is 0.343 e. The van der Waals surface area contributed by atoms with Crippen molar-refractivity contribution >= 4 is 49.9 Å². The van der Waals surface area contributed by atoms with E-state index in [4.69, 9.17) is 4.42 Å². The first-order valence-electron chi connectivity index (χ1n) is 9.43. The monoisotopic (exact) mass is 401 g/mol. The van der Waals surface area contributed by atoms with E-state index >= 15 is 0 Å². The van der Waals surface area contributed by atoms with Crippen LogP contribution in [0.25, 0.3) is 32.8 Å². The largest absolute Gasteiger partial charge is 0.422 e. The van der Waals surface area contributed by atoms with Gasteiger partial charge in [0.2, 0.25) is 0 Å². The lowest BCUT2D eigenvalue weighted by Gasteiger charge is -2.20. The Morgan fingerprint density at radius 1 is 1.21 bits per heavy atom. The number of hydrogen-bond donors (Lipinski definition) is 0. The average molecular weight is 401 g/mol. The Labute approximate surface area is 172 Å². The second kappa shape index (κ2) is 7.90. The second-order valence-electron chi connectivity index (χ2n) is 6.54. The Bertz CT molecular complexity index is 1290. The van der Waals surface area contributed by atoms with Gasteiger partial charge in [0, 0.05) is 30.2 Å². The summed E-state index contributed by atoms with van der Waals surface area (Å²) in [6.45, 7) is 5.92. The lowest BCUT2D eigenvalue weighted by molar-refractivity contribution is 0.559. The first-order chi connectivity index (χ1) is 14.1. The summed E-state index contributed by atoms with van der Waals surface area (Å²) in [6, 6.07) is 17.5. The zero-order valence-corrected chi connectivity index (χ0v) is 17.0. The Morgan fingerprint density at radius 2 is 2.00 bits per heavy atom. The number of para-hydroxylation sites is 1. The number of nitrogens with zero attached hydrogens (tertiary/aromatic N) is 3. The molecule has 0 aliphatic rings. The predicted octanol–water partition coefficient (Wildman–Crippen LogP) is 5.31. The van der Waals surface area contributed by atoms with Gasteiger partial charge in [0.05, 0.1) is 21.4 Å². The fraction of sp³-hybridized carbons (Fsp3) is 0.174. The van der Waals surface area contributed by atoms with E-state index in [0.717, 1.165) is 34.4 Å². The molecule has 0 bridgehead atoms. The number of allylic oxidation sites excluding steroid dienone is 1. The maximum atomic E-state index is 12.6. The molecule has 4 rings (SSSR count). The molecule has 144 valence electrons. The molecule has 29 heavy (non-hydrogen) atoms. The summed E-state index contributed by atoms with van der Waals surface area (Å²) in [4.78, 5) is 19.3. The average Bonchev–Trinajstić information content (AvgIpc) is 3.17. The molecule has 6 heteroatoms. The van der Waals surface area contributed by atoms with Crippen LogP contribution in [0.2, 0.25) is 0 Å².